The van der Waals surface area contributed by atoms with Gasteiger partial charge in [-0.05, 0) is 36.2 Å². The van der Waals surface area contributed by atoms with Crippen molar-refractivity contribution in [2.24, 2.45) is 0 Å². The lowest BCUT2D eigenvalue weighted by Crippen LogP contribution is -2.31. The Morgan fingerprint density at radius 3 is 2.92 bits per heavy atom. The number of carbonyl (C=O) groups is 1. The van der Waals surface area contributed by atoms with Crippen LogP contribution in [0.1, 0.15) is 17.9 Å². The molecule has 0 aliphatic carbocycles. The number of amides is 1. The van der Waals surface area contributed by atoms with Crippen molar-refractivity contribution in [2.75, 3.05) is 11.9 Å². The third-order valence-electron chi connectivity index (χ3n) is 4.61. The van der Waals surface area contributed by atoms with E-state index in [0.717, 1.165) is 10.9 Å². The molecule has 132 valence electrons. The van der Waals surface area contributed by atoms with E-state index in [-0.39, 0.29) is 16.8 Å². The van der Waals surface area contributed by atoms with Crippen LogP contribution in [0, 0.1) is 5.82 Å². The topological polar surface area (TPSA) is 51.2 Å². The molecular formula is C20H16ClFN2O2. The molecule has 1 saturated heterocycles. The standard InChI is InChI=1S/C20H16ClFN2O2/c21-15-7-6-13(11-16(15)22)14-8-10-26-19(14)20(25)24-17-5-1-3-12-4-2-9-23-18(12)17/h1-7,9,11,14,19H,8,10H2,(H,24,25)/t14-,19-/m0/s1. The van der Waals surface area contributed by atoms with Crippen molar-refractivity contribution < 1.29 is 13.9 Å². The van der Waals surface area contributed by atoms with E-state index in [9.17, 15) is 9.18 Å². The fourth-order valence-electron chi connectivity index (χ4n) is 3.34. The first-order chi connectivity index (χ1) is 12.6. The first kappa shape index (κ1) is 16.9. The van der Waals surface area contributed by atoms with E-state index in [1.807, 2.05) is 24.3 Å². The number of benzene rings is 2. The van der Waals surface area contributed by atoms with Crippen LogP contribution in [0.25, 0.3) is 10.9 Å². The molecule has 0 bridgehead atoms. The lowest BCUT2D eigenvalue weighted by Gasteiger charge is -2.19. The number of carbonyl (C=O) groups excluding carboxylic acids is 1. The van der Waals surface area contributed by atoms with E-state index in [0.29, 0.717) is 24.3 Å². The smallest absolute Gasteiger partial charge is 0.254 e. The average molecular weight is 371 g/mol. The summed E-state index contributed by atoms with van der Waals surface area (Å²) in [5.74, 6) is -0.973. The van der Waals surface area contributed by atoms with Gasteiger partial charge in [-0.2, -0.15) is 0 Å². The van der Waals surface area contributed by atoms with Gasteiger partial charge in [0.2, 0.25) is 0 Å². The van der Waals surface area contributed by atoms with E-state index >= 15 is 0 Å². The number of para-hydroxylation sites is 1. The van der Waals surface area contributed by atoms with Gasteiger partial charge >= 0.3 is 0 Å². The number of nitrogens with zero attached hydrogens (tertiary/aromatic N) is 1. The van der Waals surface area contributed by atoms with E-state index in [1.165, 1.54) is 12.1 Å². The summed E-state index contributed by atoms with van der Waals surface area (Å²) in [4.78, 5) is 17.1. The molecule has 4 nitrogen and oxygen atoms in total. The van der Waals surface area contributed by atoms with Crippen LogP contribution in [0.5, 0.6) is 0 Å². The molecule has 0 saturated carbocycles. The Morgan fingerprint density at radius 2 is 2.08 bits per heavy atom. The molecule has 1 aromatic heterocycles. The molecule has 2 heterocycles. The number of ether oxygens (including phenoxy) is 1. The summed E-state index contributed by atoms with van der Waals surface area (Å²) in [6.07, 6.45) is 1.64. The molecule has 0 spiro atoms. The SMILES string of the molecule is O=C(Nc1cccc2cccnc12)[C@H]1OCC[C@H]1c1ccc(Cl)c(F)c1. The molecule has 0 radical (unpaired) electrons. The molecule has 4 rings (SSSR count). The van der Waals surface area contributed by atoms with Gasteiger partial charge in [-0.25, -0.2) is 4.39 Å². The van der Waals surface area contributed by atoms with Gasteiger partial charge in [0.15, 0.2) is 0 Å². The van der Waals surface area contributed by atoms with Gasteiger partial charge in [0.25, 0.3) is 5.91 Å². The van der Waals surface area contributed by atoms with Gasteiger partial charge in [0.1, 0.15) is 11.9 Å². The molecule has 26 heavy (non-hydrogen) atoms. The van der Waals surface area contributed by atoms with Gasteiger partial charge in [0, 0.05) is 24.1 Å². The third-order valence-corrected chi connectivity index (χ3v) is 4.92. The number of anilines is 1. The zero-order valence-electron chi connectivity index (χ0n) is 13.8. The van der Waals surface area contributed by atoms with Gasteiger partial charge in [0.05, 0.1) is 16.2 Å². The van der Waals surface area contributed by atoms with E-state index in [2.05, 4.69) is 10.3 Å². The van der Waals surface area contributed by atoms with Crippen molar-refractivity contribution in [3.63, 3.8) is 0 Å². The molecule has 6 heteroatoms. The summed E-state index contributed by atoms with van der Waals surface area (Å²) in [5, 5.41) is 3.91. The van der Waals surface area contributed by atoms with Crippen molar-refractivity contribution in [1.82, 2.24) is 4.98 Å². The highest BCUT2D eigenvalue weighted by atomic mass is 35.5. The average Bonchev–Trinajstić information content (AvgIpc) is 3.14. The van der Waals surface area contributed by atoms with E-state index in [1.54, 1.807) is 18.3 Å². The normalized spacial score (nSPS) is 19.6. The Kier molecular flexibility index (Phi) is 4.57. The summed E-state index contributed by atoms with van der Waals surface area (Å²) >= 11 is 5.76. The minimum absolute atomic E-state index is 0.0653. The second-order valence-electron chi connectivity index (χ2n) is 6.23. The molecule has 1 N–H and O–H groups in total. The first-order valence-electron chi connectivity index (χ1n) is 8.34. The van der Waals surface area contributed by atoms with Gasteiger partial charge in [-0.3, -0.25) is 9.78 Å². The van der Waals surface area contributed by atoms with Crippen molar-refractivity contribution in [3.05, 3.63) is 71.1 Å². The van der Waals surface area contributed by atoms with Gasteiger partial charge in [-0.15, -0.1) is 0 Å². The lowest BCUT2D eigenvalue weighted by molar-refractivity contribution is -0.125. The molecule has 2 aromatic carbocycles. The van der Waals surface area contributed by atoms with Crippen molar-refractivity contribution >= 4 is 34.1 Å². The number of hydrogen-bond donors (Lipinski definition) is 1. The number of halogens is 2. The number of fused-ring (bicyclic) bond motifs is 1. The minimum atomic E-state index is -0.686. The second-order valence-corrected chi connectivity index (χ2v) is 6.64. The number of rotatable bonds is 3. The van der Waals surface area contributed by atoms with Crippen LogP contribution < -0.4 is 5.32 Å². The Balaban J connectivity index is 1.59. The van der Waals surface area contributed by atoms with E-state index < -0.39 is 11.9 Å². The lowest BCUT2D eigenvalue weighted by atomic mass is 9.92. The molecule has 1 amide bonds. The minimum Gasteiger partial charge on any atom is -0.368 e. The van der Waals surface area contributed by atoms with Crippen LogP contribution in [0.15, 0.2) is 54.7 Å². The fraction of sp³-hybridized carbons (Fsp3) is 0.200. The highest BCUT2D eigenvalue weighted by Crippen LogP contribution is 2.34. The van der Waals surface area contributed by atoms with Crippen LogP contribution in [-0.2, 0) is 9.53 Å². The molecule has 0 unspecified atom stereocenters. The highest BCUT2D eigenvalue weighted by Gasteiger charge is 2.35. The summed E-state index contributed by atoms with van der Waals surface area (Å²) in [7, 11) is 0. The molecule has 1 aliphatic heterocycles. The molecule has 2 atom stereocenters. The molecule has 1 aliphatic rings. The quantitative estimate of drug-likeness (QED) is 0.736. The Hall–Kier alpha value is -2.50. The maximum Gasteiger partial charge on any atom is 0.254 e. The monoisotopic (exact) mass is 370 g/mol. The fourth-order valence-corrected chi connectivity index (χ4v) is 3.46. The Bertz CT molecular complexity index is 974. The molecule has 3 aromatic rings. The zero-order valence-corrected chi connectivity index (χ0v) is 14.5. The van der Waals surface area contributed by atoms with Crippen LogP contribution >= 0.6 is 11.6 Å². The predicted molar refractivity (Wildman–Crippen MR) is 98.9 cm³/mol. The van der Waals surface area contributed by atoms with Crippen LogP contribution in [-0.4, -0.2) is 23.6 Å². The predicted octanol–water partition coefficient (Wildman–Crippen LogP) is 4.54. The summed E-state index contributed by atoms with van der Waals surface area (Å²) in [5.41, 5.74) is 2.06. The summed E-state index contributed by atoms with van der Waals surface area (Å²) in [6, 6.07) is 14.0. The van der Waals surface area contributed by atoms with Crippen LogP contribution in [0.4, 0.5) is 10.1 Å². The van der Waals surface area contributed by atoms with Crippen LogP contribution in [0.3, 0.4) is 0 Å². The maximum atomic E-state index is 13.8. The van der Waals surface area contributed by atoms with Gasteiger partial charge in [-0.1, -0.05) is 35.9 Å². The van der Waals surface area contributed by atoms with Crippen molar-refractivity contribution in [2.45, 2.75) is 18.4 Å². The highest BCUT2D eigenvalue weighted by molar-refractivity contribution is 6.30. The number of pyridine rings is 1. The number of nitrogens with one attached hydrogen (secondary N) is 1. The summed E-state index contributed by atoms with van der Waals surface area (Å²) < 4.78 is 19.4. The molecule has 1 fully saturated rings. The Labute approximate surface area is 155 Å². The maximum absolute atomic E-state index is 13.8. The van der Waals surface area contributed by atoms with Crippen molar-refractivity contribution in [3.8, 4) is 0 Å². The Morgan fingerprint density at radius 1 is 1.23 bits per heavy atom. The summed E-state index contributed by atoms with van der Waals surface area (Å²) in [6.45, 7) is 0.445. The molecular weight excluding hydrogens is 355 g/mol. The number of hydrogen-bond acceptors (Lipinski definition) is 3. The van der Waals surface area contributed by atoms with Gasteiger partial charge < -0.3 is 10.1 Å². The third kappa shape index (κ3) is 3.16. The van der Waals surface area contributed by atoms with Crippen LogP contribution in [0.2, 0.25) is 5.02 Å². The van der Waals surface area contributed by atoms with Crippen molar-refractivity contribution in [1.29, 1.82) is 0 Å². The van der Waals surface area contributed by atoms with E-state index in [4.69, 9.17) is 16.3 Å². The largest absolute Gasteiger partial charge is 0.368 e. The number of aromatic nitrogens is 1. The zero-order chi connectivity index (χ0) is 18.1. The first-order valence-corrected chi connectivity index (χ1v) is 8.72. The second kappa shape index (κ2) is 7.02.